The topological polar surface area (TPSA) is 0 Å². The van der Waals surface area contributed by atoms with Crippen LogP contribution < -0.4 is 0 Å². The maximum absolute atomic E-state index is 7.76. The first kappa shape index (κ1) is 3.92. The van der Waals surface area contributed by atoms with Crippen molar-refractivity contribution in [2.24, 2.45) is 11.3 Å². The maximum Gasteiger partial charge on any atom is 0.0275 e. The summed E-state index contributed by atoms with van der Waals surface area (Å²) < 4.78 is 15.5. The largest absolute Gasteiger partial charge is 0.0602 e. The van der Waals surface area contributed by atoms with Gasteiger partial charge in [0.05, 0.1) is 0 Å². The first-order valence-electron chi connectivity index (χ1n) is 4.36. The van der Waals surface area contributed by atoms with Crippen LogP contribution in [0.15, 0.2) is 0 Å². The molecule has 1 aliphatic rings. The van der Waals surface area contributed by atoms with Crippen molar-refractivity contribution in [1.82, 2.24) is 0 Å². The molecule has 1 fully saturated rings. The third-order valence-corrected chi connectivity index (χ3v) is 1.21. The Morgan fingerprint density at radius 1 is 1.50 bits per heavy atom. The minimum atomic E-state index is -0.951. The third kappa shape index (κ3) is 2.34. The van der Waals surface area contributed by atoms with Gasteiger partial charge in [-0.05, 0) is 17.7 Å². The maximum atomic E-state index is 7.76. The predicted molar refractivity (Wildman–Crippen MR) is 36.8 cm³/mol. The van der Waals surface area contributed by atoms with E-state index in [9.17, 15) is 0 Å². The Balaban J connectivity index is 2.66. The molecule has 1 saturated carbocycles. The molecule has 0 aromatic rings. The number of hydrogen-bond acceptors (Lipinski definition) is 0. The summed E-state index contributed by atoms with van der Waals surface area (Å²) in [6.45, 7) is 5.93. The van der Waals surface area contributed by atoms with Gasteiger partial charge >= 0.3 is 0 Å². The van der Waals surface area contributed by atoms with Gasteiger partial charge in [-0.15, -0.1) is 0 Å². The van der Waals surface area contributed by atoms with Gasteiger partial charge in [-0.25, -0.2) is 0 Å². The Hall–Kier alpha value is 0. The van der Waals surface area contributed by atoms with Gasteiger partial charge in [0, 0.05) is 2.74 Å². The Kier molecular flexibility index (Phi) is 0.857. The van der Waals surface area contributed by atoms with Gasteiger partial charge in [0.1, 0.15) is 0 Å². The van der Waals surface area contributed by atoms with E-state index in [4.69, 9.17) is 2.74 Å². The number of rotatable bonds is 1. The Labute approximate surface area is 55.1 Å². The lowest BCUT2D eigenvalue weighted by Crippen LogP contribution is -2.04. The average Bonchev–Trinajstić information content (AvgIpc) is 2.38. The Morgan fingerprint density at radius 2 is 2.00 bits per heavy atom. The summed E-state index contributed by atoms with van der Waals surface area (Å²) in [5, 5.41) is 0. The molecule has 0 atom stereocenters. The van der Waals surface area contributed by atoms with Gasteiger partial charge in [0.25, 0.3) is 0 Å². The van der Waals surface area contributed by atoms with Gasteiger partial charge in [-0.3, -0.25) is 0 Å². The lowest BCUT2D eigenvalue weighted by atomic mass is 9.90. The van der Waals surface area contributed by atoms with Crippen LogP contribution in [0.25, 0.3) is 0 Å². The van der Waals surface area contributed by atoms with E-state index in [1.165, 1.54) is 0 Å². The standard InChI is InChI=1S/C8H16/c1-8(2,3)6-7-4-5-7/h7H,4-6H2,1-3H3/i6D2. The molecule has 0 aromatic heterocycles. The van der Waals surface area contributed by atoms with Crippen molar-refractivity contribution in [1.29, 1.82) is 0 Å². The molecule has 0 unspecified atom stereocenters. The first-order chi connectivity index (χ1) is 4.36. The second-order valence-corrected chi connectivity index (χ2v) is 3.67. The van der Waals surface area contributed by atoms with Crippen LogP contribution in [0.4, 0.5) is 0 Å². The zero-order valence-electron chi connectivity index (χ0n) is 7.99. The van der Waals surface area contributed by atoms with Crippen molar-refractivity contribution in [3.63, 3.8) is 0 Å². The van der Waals surface area contributed by atoms with E-state index in [-0.39, 0.29) is 5.41 Å². The fourth-order valence-electron chi connectivity index (χ4n) is 0.840. The lowest BCUT2D eigenvalue weighted by molar-refractivity contribution is 0.354. The van der Waals surface area contributed by atoms with Crippen molar-refractivity contribution in [3.8, 4) is 0 Å². The predicted octanol–water partition coefficient (Wildman–Crippen LogP) is 2.83. The van der Waals surface area contributed by atoms with E-state index in [0.717, 1.165) is 12.8 Å². The van der Waals surface area contributed by atoms with E-state index in [1.54, 1.807) is 0 Å². The molecule has 8 heavy (non-hydrogen) atoms. The third-order valence-electron chi connectivity index (χ3n) is 1.21. The van der Waals surface area contributed by atoms with Crippen LogP contribution in [-0.2, 0) is 0 Å². The quantitative estimate of drug-likeness (QED) is 0.491. The van der Waals surface area contributed by atoms with Crippen molar-refractivity contribution >= 4 is 0 Å². The lowest BCUT2D eigenvalue weighted by Gasteiger charge is -2.16. The van der Waals surface area contributed by atoms with Crippen molar-refractivity contribution in [3.05, 3.63) is 0 Å². The van der Waals surface area contributed by atoms with Gasteiger partial charge in [-0.2, -0.15) is 0 Å². The normalized spacial score (nSPS) is 26.9. The Bertz CT molecular complexity index is 129. The van der Waals surface area contributed by atoms with Gasteiger partial charge in [-0.1, -0.05) is 33.6 Å². The summed E-state index contributed by atoms with van der Waals surface area (Å²) >= 11 is 0. The van der Waals surface area contributed by atoms with E-state index < -0.39 is 6.37 Å². The summed E-state index contributed by atoms with van der Waals surface area (Å²) in [6, 6.07) is 0. The average molecular weight is 114 g/mol. The van der Waals surface area contributed by atoms with Gasteiger partial charge in [0.15, 0.2) is 0 Å². The summed E-state index contributed by atoms with van der Waals surface area (Å²) in [4.78, 5) is 0. The summed E-state index contributed by atoms with van der Waals surface area (Å²) in [5.74, 6) is 0.340. The summed E-state index contributed by atoms with van der Waals surface area (Å²) in [6.07, 6.45) is 1.22. The second kappa shape index (κ2) is 1.75. The molecule has 0 saturated heterocycles. The SMILES string of the molecule is [2H]C([2H])(C1CC1)C(C)(C)C. The van der Waals surface area contributed by atoms with Crippen LogP contribution >= 0.6 is 0 Å². The van der Waals surface area contributed by atoms with Crippen LogP contribution in [0.5, 0.6) is 0 Å². The molecule has 0 nitrogen and oxygen atoms in total. The molecule has 0 bridgehead atoms. The van der Waals surface area contributed by atoms with Crippen molar-refractivity contribution in [2.75, 3.05) is 0 Å². The van der Waals surface area contributed by atoms with Crippen LogP contribution in [0.1, 0.15) is 42.7 Å². The molecule has 0 N–H and O–H groups in total. The van der Waals surface area contributed by atoms with Crippen LogP contribution in [0.3, 0.4) is 0 Å². The highest BCUT2D eigenvalue weighted by Gasteiger charge is 2.26. The molecule has 0 amide bonds. The van der Waals surface area contributed by atoms with Crippen molar-refractivity contribution in [2.45, 2.75) is 40.0 Å². The van der Waals surface area contributed by atoms with Gasteiger partial charge in [0.2, 0.25) is 0 Å². The molecule has 1 aliphatic carbocycles. The molecule has 0 aromatic carbocycles. The molecule has 0 radical (unpaired) electrons. The second-order valence-electron chi connectivity index (χ2n) is 3.67. The Morgan fingerprint density at radius 3 is 2.12 bits per heavy atom. The summed E-state index contributed by atoms with van der Waals surface area (Å²) in [5.41, 5.74) is -0.186. The molecular formula is C8H16. The zero-order valence-corrected chi connectivity index (χ0v) is 5.99. The smallest absolute Gasteiger partial charge is 0.0275 e. The highest BCUT2D eigenvalue weighted by molar-refractivity contribution is 4.78. The van der Waals surface area contributed by atoms with E-state index in [2.05, 4.69) is 0 Å². The molecule has 0 heterocycles. The van der Waals surface area contributed by atoms with Crippen LogP contribution in [0.2, 0.25) is 0 Å². The minimum Gasteiger partial charge on any atom is -0.0602 e. The fourth-order valence-corrected chi connectivity index (χ4v) is 0.840. The van der Waals surface area contributed by atoms with Crippen LogP contribution in [0, 0.1) is 11.3 Å². The van der Waals surface area contributed by atoms with E-state index >= 15 is 0 Å². The molecular weight excluding hydrogens is 96.1 g/mol. The molecule has 48 valence electrons. The molecule has 0 aliphatic heterocycles. The highest BCUT2D eigenvalue weighted by atomic mass is 14.3. The minimum absolute atomic E-state index is 0.186. The highest BCUT2D eigenvalue weighted by Crippen LogP contribution is 2.39. The van der Waals surface area contributed by atoms with Gasteiger partial charge < -0.3 is 0 Å². The molecule has 0 spiro atoms. The van der Waals surface area contributed by atoms with E-state index in [0.29, 0.717) is 5.92 Å². The molecule has 1 rings (SSSR count). The molecule has 0 heteroatoms. The first-order valence-corrected chi connectivity index (χ1v) is 3.36. The monoisotopic (exact) mass is 114 g/mol. The fraction of sp³-hybridized carbons (Fsp3) is 1.00. The van der Waals surface area contributed by atoms with Crippen molar-refractivity contribution < 1.29 is 2.74 Å². The zero-order chi connectivity index (χ0) is 7.99. The van der Waals surface area contributed by atoms with E-state index in [1.807, 2.05) is 20.8 Å². The summed E-state index contributed by atoms with van der Waals surface area (Å²) in [7, 11) is 0. The number of hydrogen-bond donors (Lipinski definition) is 0. The van der Waals surface area contributed by atoms with Crippen LogP contribution in [-0.4, -0.2) is 0 Å².